The summed E-state index contributed by atoms with van der Waals surface area (Å²) in [6, 6.07) is 7.33. The molecule has 3 heterocycles. The van der Waals surface area contributed by atoms with Gasteiger partial charge in [-0.3, -0.25) is 4.79 Å². The second kappa shape index (κ2) is 6.44. The number of fused-ring (bicyclic) bond motifs is 1. The third-order valence-corrected chi connectivity index (χ3v) is 4.83. The fourth-order valence-electron chi connectivity index (χ4n) is 3.14. The highest BCUT2D eigenvalue weighted by molar-refractivity contribution is 6.30. The molecule has 0 unspecified atom stereocenters. The molecule has 0 aliphatic carbocycles. The monoisotopic (exact) mass is 355 g/mol. The maximum atomic E-state index is 12.8. The Bertz CT molecular complexity index is 929. The number of benzene rings is 1. The van der Waals surface area contributed by atoms with E-state index in [0.717, 1.165) is 37.2 Å². The molecule has 4 rings (SSSR count). The Labute approximate surface area is 150 Å². The standard InChI is InChI=1S/C18H18ClN5O/c1-12-15(17(25)23-9-3-2-4-10-23)11-20-18-21-16(22-24(12)18)13-5-7-14(19)8-6-13/h5-8,11H,2-4,9-10H2,1H3. The molecular formula is C18H18ClN5O. The fourth-order valence-corrected chi connectivity index (χ4v) is 3.27. The Morgan fingerprint density at radius 3 is 2.56 bits per heavy atom. The SMILES string of the molecule is Cc1c(C(=O)N2CCCCC2)cnc2nc(-c3ccc(Cl)cc3)nn12. The number of piperidine rings is 1. The number of aromatic nitrogens is 4. The smallest absolute Gasteiger partial charge is 0.257 e. The van der Waals surface area contributed by atoms with Crippen LogP contribution in [0.4, 0.5) is 0 Å². The van der Waals surface area contributed by atoms with Gasteiger partial charge in [0.2, 0.25) is 0 Å². The van der Waals surface area contributed by atoms with Crippen molar-refractivity contribution in [3.05, 3.63) is 46.7 Å². The molecule has 2 aromatic heterocycles. The number of halogens is 1. The van der Waals surface area contributed by atoms with E-state index in [1.54, 1.807) is 22.8 Å². The molecule has 3 aromatic rings. The van der Waals surface area contributed by atoms with Crippen molar-refractivity contribution in [2.24, 2.45) is 0 Å². The minimum Gasteiger partial charge on any atom is -0.339 e. The lowest BCUT2D eigenvalue weighted by atomic mass is 10.1. The Kier molecular flexibility index (Phi) is 4.13. The molecule has 25 heavy (non-hydrogen) atoms. The number of carbonyl (C=O) groups is 1. The van der Waals surface area contributed by atoms with Crippen LogP contribution in [-0.2, 0) is 0 Å². The van der Waals surface area contributed by atoms with Gasteiger partial charge in [0.15, 0.2) is 5.82 Å². The predicted octanol–water partition coefficient (Wildman–Crippen LogP) is 3.38. The van der Waals surface area contributed by atoms with Gasteiger partial charge in [-0.05, 0) is 50.5 Å². The molecule has 0 N–H and O–H groups in total. The van der Waals surface area contributed by atoms with Crippen LogP contribution < -0.4 is 0 Å². The molecule has 7 heteroatoms. The number of amides is 1. The molecule has 1 aliphatic heterocycles. The molecule has 128 valence electrons. The van der Waals surface area contributed by atoms with Crippen LogP contribution in [0.1, 0.15) is 35.3 Å². The van der Waals surface area contributed by atoms with E-state index in [4.69, 9.17) is 11.6 Å². The zero-order valence-electron chi connectivity index (χ0n) is 13.9. The molecule has 0 saturated carbocycles. The Morgan fingerprint density at radius 2 is 1.84 bits per heavy atom. The second-order valence-electron chi connectivity index (χ2n) is 6.26. The van der Waals surface area contributed by atoms with Gasteiger partial charge in [0, 0.05) is 29.9 Å². The molecule has 1 aromatic carbocycles. The van der Waals surface area contributed by atoms with Crippen LogP contribution in [0.3, 0.4) is 0 Å². The largest absolute Gasteiger partial charge is 0.339 e. The zero-order valence-corrected chi connectivity index (χ0v) is 14.7. The highest BCUT2D eigenvalue weighted by atomic mass is 35.5. The maximum absolute atomic E-state index is 12.8. The summed E-state index contributed by atoms with van der Waals surface area (Å²) in [5, 5.41) is 5.19. The number of rotatable bonds is 2. The summed E-state index contributed by atoms with van der Waals surface area (Å²) in [6.45, 7) is 3.50. The molecule has 0 radical (unpaired) electrons. The van der Waals surface area contributed by atoms with Crippen LogP contribution in [0.2, 0.25) is 5.02 Å². The average Bonchev–Trinajstić information content (AvgIpc) is 3.08. The van der Waals surface area contributed by atoms with Gasteiger partial charge in [0.1, 0.15) is 0 Å². The van der Waals surface area contributed by atoms with Gasteiger partial charge >= 0.3 is 0 Å². The van der Waals surface area contributed by atoms with Gasteiger partial charge in [-0.15, -0.1) is 5.10 Å². The summed E-state index contributed by atoms with van der Waals surface area (Å²) in [5.74, 6) is 1.07. The molecule has 0 bridgehead atoms. The molecule has 0 atom stereocenters. The first kappa shape index (κ1) is 16.0. The van der Waals surface area contributed by atoms with E-state index in [1.807, 2.05) is 24.0 Å². The topological polar surface area (TPSA) is 63.4 Å². The van der Waals surface area contributed by atoms with Crippen molar-refractivity contribution >= 4 is 23.3 Å². The van der Waals surface area contributed by atoms with Crippen LogP contribution in [0.5, 0.6) is 0 Å². The molecule has 6 nitrogen and oxygen atoms in total. The van der Waals surface area contributed by atoms with Crippen LogP contribution in [0, 0.1) is 6.92 Å². The van der Waals surface area contributed by atoms with Crippen molar-refractivity contribution in [2.75, 3.05) is 13.1 Å². The zero-order chi connectivity index (χ0) is 17.4. The van der Waals surface area contributed by atoms with Crippen molar-refractivity contribution in [3.63, 3.8) is 0 Å². The molecule has 1 saturated heterocycles. The van der Waals surface area contributed by atoms with Crippen LogP contribution in [-0.4, -0.2) is 43.5 Å². The highest BCUT2D eigenvalue weighted by Gasteiger charge is 2.22. The van der Waals surface area contributed by atoms with Gasteiger partial charge < -0.3 is 4.90 Å². The quantitative estimate of drug-likeness (QED) is 0.707. The van der Waals surface area contributed by atoms with E-state index < -0.39 is 0 Å². The third-order valence-electron chi connectivity index (χ3n) is 4.58. The Hall–Kier alpha value is -2.47. The minimum atomic E-state index is 0.0233. The van der Waals surface area contributed by atoms with Crippen LogP contribution in [0.25, 0.3) is 17.2 Å². The maximum Gasteiger partial charge on any atom is 0.257 e. The van der Waals surface area contributed by atoms with E-state index in [0.29, 0.717) is 22.2 Å². The highest BCUT2D eigenvalue weighted by Crippen LogP contribution is 2.21. The van der Waals surface area contributed by atoms with Gasteiger partial charge in [0.25, 0.3) is 11.7 Å². The van der Waals surface area contributed by atoms with E-state index in [2.05, 4.69) is 15.1 Å². The first-order chi connectivity index (χ1) is 12.1. The molecule has 0 spiro atoms. The first-order valence-electron chi connectivity index (χ1n) is 8.41. The van der Waals surface area contributed by atoms with Gasteiger partial charge in [0.05, 0.1) is 11.3 Å². The summed E-state index contributed by atoms with van der Waals surface area (Å²) in [7, 11) is 0. The van der Waals surface area contributed by atoms with Crippen molar-refractivity contribution in [3.8, 4) is 11.4 Å². The molecule has 1 aliphatic rings. The van der Waals surface area contributed by atoms with E-state index in [9.17, 15) is 4.79 Å². The average molecular weight is 356 g/mol. The Morgan fingerprint density at radius 1 is 1.12 bits per heavy atom. The van der Waals surface area contributed by atoms with Crippen molar-refractivity contribution < 1.29 is 4.79 Å². The van der Waals surface area contributed by atoms with Crippen molar-refractivity contribution in [1.82, 2.24) is 24.5 Å². The van der Waals surface area contributed by atoms with E-state index in [-0.39, 0.29) is 5.91 Å². The number of hydrogen-bond donors (Lipinski definition) is 0. The summed E-state index contributed by atoms with van der Waals surface area (Å²) >= 11 is 5.93. The predicted molar refractivity (Wildman–Crippen MR) is 95.7 cm³/mol. The number of carbonyl (C=O) groups excluding carboxylic acids is 1. The number of likely N-dealkylation sites (tertiary alicyclic amines) is 1. The van der Waals surface area contributed by atoms with Crippen LogP contribution in [0.15, 0.2) is 30.5 Å². The normalized spacial score (nSPS) is 14.9. The summed E-state index contributed by atoms with van der Waals surface area (Å²) in [6.07, 6.45) is 4.92. The van der Waals surface area contributed by atoms with Gasteiger partial charge in [-0.2, -0.15) is 4.98 Å². The lowest BCUT2D eigenvalue weighted by Gasteiger charge is -2.27. The first-order valence-corrected chi connectivity index (χ1v) is 8.79. The molecule has 1 fully saturated rings. The second-order valence-corrected chi connectivity index (χ2v) is 6.70. The van der Waals surface area contributed by atoms with Gasteiger partial charge in [-0.1, -0.05) is 11.6 Å². The minimum absolute atomic E-state index is 0.0233. The number of aryl methyl sites for hydroxylation is 1. The molecule has 1 amide bonds. The summed E-state index contributed by atoms with van der Waals surface area (Å²) < 4.78 is 1.64. The molecular weight excluding hydrogens is 338 g/mol. The summed E-state index contributed by atoms with van der Waals surface area (Å²) in [5.41, 5.74) is 2.20. The van der Waals surface area contributed by atoms with Crippen molar-refractivity contribution in [1.29, 1.82) is 0 Å². The van der Waals surface area contributed by atoms with E-state index >= 15 is 0 Å². The third kappa shape index (κ3) is 2.98. The lowest BCUT2D eigenvalue weighted by Crippen LogP contribution is -2.36. The summed E-state index contributed by atoms with van der Waals surface area (Å²) in [4.78, 5) is 23.5. The number of nitrogens with zero attached hydrogens (tertiary/aromatic N) is 5. The fraction of sp³-hybridized carbons (Fsp3) is 0.333. The Balaban J connectivity index is 1.72. The lowest BCUT2D eigenvalue weighted by molar-refractivity contribution is 0.0722. The number of hydrogen-bond acceptors (Lipinski definition) is 4. The van der Waals surface area contributed by atoms with Gasteiger partial charge in [-0.25, -0.2) is 9.50 Å². The van der Waals surface area contributed by atoms with E-state index in [1.165, 1.54) is 6.42 Å². The van der Waals surface area contributed by atoms with Crippen LogP contribution >= 0.6 is 11.6 Å². The van der Waals surface area contributed by atoms with Crippen molar-refractivity contribution in [2.45, 2.75) is 26.2 Å².